The van der Waals surface area contributed by atoms with E-state index < -0.39 is 0 Å². The lowest BCUT2D eigenvalue weighted by Crippen LogP contribution is -2.19. The average Bonchev–Trinajstić information content (AvgIpc) is 2.97. The zero-order valence-corrected chi connectivity index (χ0v) is 12.7. The highest BCUT2D eigenvalue weighted by atomic mass is 32.1. The van der Waals surface area contributed by atoms with Crippen molar-refractivity contribution in [1.82, 2.24) is 19.7 Å². The van der Waals surface area contributed by atoms with Gasteiger partial charge in [0.25, 0.3) is 0 Å². The number of hydrogen-bond acceptors (Lipinski definition) is 4. The van der Waals surface area contributed by atoms with Gasteiger partial charge in [-0.3, -0.25) is 9.38 Å². The molecule has 0 aliphatic carbocycles. The van der Waals surface area contributed by atoms with E-state index in [-0.39, 0.29) is 0 Å². The van der Waals surface area contributed by atoms with E-state index in [0.29, 0.717) is 6.04 Å². The van der Waals surface area contributed by atoms with Gasteiger partial charge >= 0.3 is 0 Å². The molecule has 0 saturated heterocycles. The van der Waals surface area contributed by atoms with Gasteiger partial charge in [-0.1, -0.05) is 0 Å². The van der Waals surface area contributed by atoms with Crippen LogP contribution in [-0.2, 0) is 6.54 Å². The third kappa shape index (κ3) is 2.34. The Bertz CT molecular complexity index is 714. The molecule has 4 nitrogen and oxygen atoms in total. The number of aryl methyl sites for hydroxylation is 2. The summed E-state index contributed by atoms with van der Waals surface area (Å²) in [6.07, 6.45) is 3.66. The first kappa shape index (κ1) is 13.3. The van der Waals surface area contributed by atoms with Gasteiger partial charge in [0.05, 0.1) is 11.4 Å². The van der Waals surface area contributed by atoms with E-state index >= 15 is 0 Å². The molecule has 1 atom stereocenters. The van der Waals surface area contributed by atoms with E-state index in [2.05, 4.69) is 45.8 Å². The summed E-state index contributed by atoms with van der Waals surface area (Å²) in [5, 5.41) is 5.72. The predicted octanol–water partition coefficient (Wildman–Crippen LogP) is 3.26. The molecule has 1 N–H and O–H groups in total. The number of nitrogens with zero attached hydrogens (tertiary/aromatic N) is 3. The Hall–Kier alpha value is -1.72. The van der Waals surface area contributed by atoms with Gasteiger partial charge in [-0.05, 0) is 38.5 Å². The topological polar surface area (TPSA) is 42.2 Å². The van der Waals surface area contributed by atoms with Gasteiger partial charge in [0.15, 0.2) is 4.96 Å². The Morgan fingerprint density at radius 1 is 1.30 bits per heavy atom. The summed E-state index contributed by atoms with van der Waals surface area (Å²) in [4.78, 5) is 9.75. The minimum Gasteiger partial charge on any atom is -0.305 e. The minimum absolute atomic E-state index is 0.293. The molecule has 0 bridgehead atoms. The van der Waals surface area contributed by atoms with E-state index in [9.17, 15) is 0 Å². The summed E-state index contributed by atoms with van der Waals surface area (Å²) >= 11 is 1.70. The summed E-state index contributed by atoms with van der Waals surface area (Å²) < 4.78 is 2.24. The molecule has 0 fully saturated rings. The van der Waals surface area contributed by atoms with Crippen LogP contribution in [0.5, 0.6) is 0 Å². The molecule has 3 rings (SSSR count). The summed E-state index contributed by atoms with van der Waals surface area (Å²) in [6.45, 7) is 7.19. The van der Waals surface area contributed by atoms with E-state index in [1.54, 1.807) is 11.3 Å². The van der Waals surface area contributed by atoms with Crippen molar-refractivity contribution in [2.75, 3.05) is 0 Å². The van der Waals surface area contributed by atoms with Crippen molar-refractivity contribution in [2.45, 2.75) is 33.4 Å². The second-order valence-electron chi connectivity index (χ2n) is 5.02. The van der Waals surface area contributed by atoms with Crippen LogP contribution in [0.4, 0.5) is 0 Å². The molecule has 0 aliphatic heterocycles. The number of hydrogen-bond donors (Lipinski definition) is 1. The zero-order chi connectivity index (χ0) is 14.1. The molecule has 5 heteroatoms. The second-order valence-corrected chi connectivity index (χ2v) is 5.86. The van der Waals surface area contributed by atoms with Crippen molar-refractivity contribution in [3.05, 3.63) is 52.6 Å². The van der Waals surface area contributed by atoms with Crippen LogP contribution in [0.2, 0.25) is 0 Å². The van der Waals surface area contributed by atoms with Crippen LogP contribution in [0.1, 0.15) is 35.6 Å². The van der Waals surface area contributed by atoms with E-state index in [1.807, 2.05) is 24.5 Å². The molecule has 3 aromatic heterocycles. The maximum Gasteiger partial charge on any atom is 0.194 e. The van der Waals surface area contributed by atoms with Crippen molar-refractivity contribution in [1.29, 1.82) is 0 Å². The molecule has 0 spiro atoms. The summed E-state index contributed by atoms with van der Waals surface area (Å²) in [5.74, 6) is 0. The number of rotatable bonds is 4. The first-order valence-corrected chi connectivity index (χ1v) is 7.60. The smallest absolute Gasteiger partial charge is 0.194 e. The first-order valence-electron chi connectivity index (χ1n) is 6.72. The van der Waals surface area contributed by atoms with Crippen LogP contribution in [0.25, 0.3) is 4.96 Å². The normalized spacial score (nSPS) is 12.9. The fourth-order valence-corrected chi connectivity index (χ4v) is 3.33. The average molecular weight is 286 g/mol. The third-order valence-corrected chi connectivity index (χ3v) is 4.56. The number of pyridine rings is 1. The van der Waals surface area contributed by atoms with Gasteiger partial charge < -0.3 is 5.32 Å². The highest BCUT2D eigenvalue weighted by Crippen LogP contribution is 2.21. The van der Waals surface area contributed by atoms with Crippen molar-refractivity contribution in [3.63, 3.8) is 0 Å². The standard InChI is InChI=1S/C15H18N4S/c1-10-9-20-15-18-12(3)14(19(10)15)8-17-11(2)13-4-6-16-7-5-13/h4-7,9,11,17H,8H2,1-3H3/t11-/m0/s1. The number of fused-ring (bicyclic) bond motifs is 1. The van der Waals surface area contributed by atoms with Crippen molar-refractivity contribution >= 4 is 16.3 Å². The Kier molecular flexibility index (Phi) is 3.54. The first-order chi connectivity index (χ1) is 9.66. The fraction of sp³-hybridized carbons (Fsp3) is 0.333. The van der Waals surface area contributed by atoms with Gasteiger partial charge in [0.2, 0.25) is 0 Å². The quantitative estimate of drug-likeness (QED) is 0.800. The van der Waals surface area contributed by atoms with E-state index in [1.165, 1.54) is 17.0 Å². The molecule has 104 valence electrons. The molecule has 0 amide bonds. The lowest BCUT2D eigenvalue weighted by atomic mass is 10.1. The predicted molar refractivity (Wildman–Crippen MR) is 82.0 cm³/mol. The van der Waals surface area contributed by atoms with Crippen LogP contribution >= 0.6 is 11.3 Å². The van der Waals surface area contributed by atoms with Crippen molar-refractivity contribution in [2.24, 2.45) is 0 Å². The molecular formula is C15H18N4S. The Morgan fingerprint density at radius 2 is 2.05 bits per heavy atom. The number of imidazole rings is 1. The molecule has 0 saturated carbocycles. The van der Waals surface area contributed by atoms with Gasteiger partial charge in [0.1, 0.15) is 0 Å². The molecule has 0 aliphatic rings. The van der Waals surface area contributed by atoms with Gasteiger partial charge in [-0.15, -0.1) is 11.3 Å². The molecule has 3 aromatic rings. The molecule has 0 unspecified atom stereocenters. The van der Waals surface area contributed by atoms with Crippen LogP contribution in [0.3, 0.4) is 0 Å². The van der Waals surface area contributed by atoms with Crippen LogP contribution < -0.4 is 5.32 Å². The van der Waals surface area contributed by atoms with Gasteiger partial charge in [0, 0.05) is 36.1 Å². The Morgan fingerprint density at radius 3 is 2.80 bits per heavy atom. The van der Waals surface area contributed by atoms with Gasteiger partial charge in [-0.25, -0.2) is 4.98 Å². The lowest BCUT2D eigenvalue weighted by molar-refractivity contribution is 0.563. The van der Waals surface area contributed by atoms with Gasteiger partial charge in [-0.2, -0.15) is 0 Å². The number of thiazole rings is 1. The highest BCUT2D eigenvalue weighted by Gasteiger charge is 2.13. The maximum atomic E-state index is 4.62. The zero-order valence-electron chi connectivity index (χ0n) is 11.9. The monoisotopic (exact) mass is 286 g/mol. The third-order valence-electron chi connectivity index (χ3n) is 3.61. The largest absolute Gasteiger partial charge is 0.305 e. The second kappa shape index (κ2) is 5.34. The molecular weight excluding hydrogens is 268 g/mol. The number of nitrogens with one attached hydrogen (secondary N) is 1. The van der Waals surface area contributed by atoms with Crippen LogP contribution in [0, 0.1) is 13.8 Å². The maximum absolute atomic E-state index is 4.62. The number of aromatic nitrogens is 3. The molecule has 3 heterocycles. The molecule has 0 radical (unpaired) electrons. The Balaban J connectivity index is 1.80. The fourth-order valence-electron chi connectivity index (χ4n) is 2.40. The summed E-state index contributed by atoms with van der Waals surface area (Å²) in [6, 6.07) is 4.39. The lowest BCUT2D eigenvalue weighted by Gasteiger charge is -2.14. The summed E-state index contributed by atoms with van der Waals surface area (Å²) in [7, 11) is 0. The van der Waals surface area contributed by atoms with E-state index in [0.717, 1.165) is 17.2 Å². The van der Waals surface area contributed by atoms with Crippen molar-refractivity contribution in [3.8, 4) is 0 Å². The van der Waals surface area contributed by atoms with E-state index in [4.69, 9.17) is 0 Å². The summed E-state index contributed by atoms with van der Waals surface area (Å²) in [5.41, 5.74) is 4.86. The molecule has 0 aromatic carbocycles. The Labute approximate surface area is 122 Å². The highest BCUT2D eigenvalue weighted by molar-refractivity contribution is 7.15. The minimum atomic E-state index is 0.293. The van der Waals surface area contributed by atoms with Crippen LogP contribution in [0.15, 0.2) is 29.9 Å². The SMILES string of the molecule is Cc1nc2scc(C)n2c1CN[C@@H](C)c1ccncc1. The van der Waals surface area contributed by atoms with Crippen molar-refractivity contribution < 1.29 is 0 Å². The van der Waals surface area contributed by atoms with Crippen LogP contribution in [-0.4, -0.2) is 14.4 Å². The molecule has 20 heavy (non-hydrogen) atoms.